The highest BCUT2D eigenvalue weighted by Crippen LogP contribution is 2.30. The van der Waals surface area contributed by atoms with Gasteiger partial charge in [0, 0.05) is 0 Å². The van der Waals surface area contributed by atoms with Crippen LogP contribution in [0.2, 0.25) is 0 Å². The number of benzene rings is 1. The summed E-state index contributed by atoms with van der Waals surface area (Å²) in [4.78, 5) is 0. The molecule has 1 saturated carbocycles. The standard InChI is InChI=1S/C17H24N2S/c1-19-17(14-18,16-9-3-2-4-10-16)11-12-20-13-15-7-5-6-8-15/h2-4,9-10,15,19H,5-8,11-13H2,1H3. The molecule has 0 radical (unpaired) electrons. The van der Waals surface area contributed by atoms with Gasteiger partial charge in [-0.1, -0.05) is 43.2 Å². The minimum atomic E-state index is -0.538. The summed E-state index contributed by atoms with van der Waals surface area (Å²) >= 11 is 2.01. The summed E-state index contributed by atoms with van der Waals surface area (Å²) in [6.45, 7) is 0. The third-order valence-corrected chi connectivity index (χ3v) is 5.53. The smallest absolute Gasteiger partial charge is 0.132 e. The van der Waals surface area contributed by atoms with E-state index in [1.807, 2.05) is 49.1 Å². The molecule has 2 rings (SSSR count). The van der Waals surface area contributed by atoms with Gasteiger partial charge in [-0.3, -0.25) is 5.32 Å². The fourth-order valence-electron chi connectivity index (χ4n) is 2.96. The number of hydrogen-bond acceptors (Lipinski definition) is 3. The largest absolute Gasteiger partial charge is 0.299 e. The lowest BCUT2D eigenvalue weighted by atomic mass is 9.89. The SMILES string of the molecule is CNC(C#N)(CCSCC1CCCC1)c1ccccc1. The fraction of sp³-hybridized carbons (Fsp3) is 0.588. The van der Waals surface area contributed by atoms with Crippen LogP contribution >= 0.6 is 11.8 Å². The van der Waals surface area contributed by atoms with E-state index < -0.39 is 5.54 Å². The third-order valence-electron chi connectivity index (χ3n) is 4.33. The normalized spacial score (nSPS) is 18.6. The van der Waals surface area contributed by atoms with E-state index in [0.717, 1.165) is 23.7 Å². The predicted molar refractivity (Wildman–Crippen MR) is 86.7 cm³/mol. The maximum atomic E-state index is 9.62. The van der Waals surface area contributed by atoms with Gasteiger partial charge in [0.25, 0.3) is 0 Å². The molecule has 0 spiro atoms. The first-order chi connectivity index (χ1) is 9.80. The van der Waals surface area contributed by atoms with Crippen molar-refractivity contribution in [3.8, 4) is 6.07 Å². The second kappa shape index (κ2) is 7.71. The van der Waals surface area contributed by atoms with Gasteiger partial charge in [0.05, 0.1) is 6.07 Å². The molecular formula is C17H24N2S. The number of nitriles is 1. The zero-order valence-corrected chi connectivity index (χ0v) is 13.1. The zero-order chi connectivity index (χ0) is 14.3. The van der Waals surface area contributed by atoms with Crippen molar-refractivity contribution < 1.29 is 0 Å². The van der Waals surface area contributed by atoms with E-state index >= 15 is 0 Å². The van der Waals surface area contributed by atoms with Crippen LogP contribution in [0.15, 0.2) is 30.3 Å². The van der Waals surface area contributed by atoms with Crippen LogP contribution in [0.3, 0.4) is 0 Å². The molecule has 2 nitrogen and oxygen atoms in total. The number of thioether (sulfide) groups is 1. The van der Waals surface area contributed by atoms with Gasteiger partial charge in [0.2, 0.25) is 0 Å². The summed E-state index contributed by atoms with van der Waals surface area (Å²) < 4.78 is 0. The molecule has 20 heavy (non-hydrogen) atoms. The molecule has 1 aliphatic rings. The van der Waals surface area contributed by atoms with Crippen molar-refractivity contribution in [2.24, 2.45) is 5.92 Å². The van der Waals surface area contributed by atoms with Crippen LogP contribution in [0, 0.1) is 17.2 Å². The molecule has 1 N–H and O–H groups in total. The quantitative estimate of drug-likeness (QED) is 0.772. The lowest BCUT2D eigenvalue weighted by Crippen LogP contribution is -2.39. The lowest BCUT2D eigenvalue weighted by molar-refractivity contribution is 0.456. The fourth-order valence-corrected chi connectivity index (χ4v) is 4.25. The Bertz CT molecular complexity index is 434. The molecule has 0 bridgehead atoms. The summed E-state index contributed by atoms with van der Waals surface area (Å²) in [6, 6.07) is 12.6. The summed E-state index contributed by atoms with van der Waals surface area (Å²) in [5.74, 6) is 3.22. The molecule has 3 heteroatoms. The summed E-state index contributed by atoms with van der Waals surface area (Å²) in [6.07, 6.45) is 6.49. The topological polar surface area (TPSA) is 35.8 Å². The Hall–Kier alpha value is -0.980. The molecule has 1 atom stereocenters. The van der Waals surface area contributed by atoms with E-state index in [0.29, 0.717) is 0 Å². The Morgan fingerprint density at radius 2 is 2.00 bits per heavy atom. The van der Waals surface area contributed by atoms with E-state index in [1.54, 1.807) is 0 Å². The summed E-state index contributed by atoms with van der Waals surface area (Å²) in [7, 11) is 1.89. The van der Waals surface area contributed by atoms with Gasteiger partial charge in [-0.05, 0) is 49.3 Å². The van der Waals surface area contributed by atoms with Crippen LogP contribution in [0.5, 0.6) is 0 Å². The predicted octanol–water partition coefficient (Wildman–Crippen LogP) is 3.94. The average Bonchev–Trinajstić information content (AvgIpc) is 3.02. The molecule has 1 unspecified atom stereocenters. The summed E-state index contributed by atoms with van der Waals surface area (Å²) in [5, 5.41) is 12.9. The minimum Gasteiger partial charge on any atom is -0.299 e. The van der Waals surface area contributed by atoms with Crippen LogP contribution in [0.1, 0.15) is 37.7 Å². The van der Waals surface area contributed by atoms with Crippen molar-refractivity contribution in [1.82, 2.24) is 5.32 Å². The third kappa shape index (κ3) is 3.77. The first-order valence-electron chi connectivity index (χ1n) is 7.54. The van der Waals surface area contributed by atoms with E-state index in [4.69, 9.17) is 0 Å². The number of nitrogens with one attached hydrogen (secondary N) is 1. The highest BCUT2D eigenvalue weighted by atomic mass is 32.2. The van der Waals surface area contributed by atoms with Crippen molar-refractivity contribution in [2.75, 3.05) is 18.6 Å². The van der Waals surface area contributed by atoms with E-state index in [1.165, 1.54) is 31.4 Å². The van der Waals surface area contributed by atoms with Crippen LogP contribution in [0.4, 0.5) is 0 Å². The monoisotopic (exact) mass is 288 g/mol. The first-order valence-corrected chi connectivity index (χ1v) is 8.69. The second-order valence-corrected chi connectivity index (χ2v) is 6.76. The number of nitrogens with zero attached hydrogens (tertiary/aromatic N) is 1. The molecule has 0 amide bonds. The van der Waals surface area contributed by atoms with Crippen LogP contribution in [-0.4, -0.2) is 18.6 Å². The average molecular weight is 288 g/mol. The highest BCUT2D eigenvalue weighted by molar-refractivity contribution is 7.99. The van der Waals surface area contributed by atoms with Crippen LogP contribution < -0.4 is 5.32 Å². The van der Waals surface area contributed by atoms with Crippen molar-refractivity contribution in [3.05, 3.63) is 35.9 Å². The molecule has 0 aliphatic heterocycles. The molecule has 1 aromatic rings. The van der Waals surface area contributed by atoms with Gasteiger partial charge < -0.3 is 0 Å². The summed E-state index contributed by atoms with van der Waals surface area (Å²) in [5.41, 5.74) is 0.538. The number of hydrogen-bond donors (Lipinski definition) is 1. The Morgan fingerprint density at radius 3 is 2.60 bits per heavy atom. The second-order valence-electron chi connectivity index (χ2n) is 5.61. The van der Waals surface area contributed by atoms with Gasteiger partial charge in [-0.25, -0.2) is 0 Å². The lowest BCUT2D eigenvalue weighted by Gasteiger charge is -2.26. The number of rotatable bonds is 7. The van der Waals surface area contributed by atoms with Gasteiger partial charge in [0.1, 0.15) is 5.54 Å². The van der Waals surface area contributed by atoms with Crippen LogP contribution in [-0.2, 0) is 5.54 Å². The molecule has 1 aromatic carbocycles. The van der Waals surface area contributed by atoms with Crippen LogP contribution in [0.25, 0.3) is 0 Å². The molecular weight excluding hydrogens is 264 g/mol. The van der Waals surface area contributed by atoms with Gasteiger partial charge >= 0.3 is 0 Å². The van der Waals surface area contributed by atoms with E-state index in [-0.39, 0.29) is 0 Å². The van der Waals surface area contributed by atoms with Crippen molar-refractivity contribution >= 4 is 11.8 Å². The van der Waals surface area contributed by atoms with Gasteiger partial charge in [-0.15, -0.1) is 0 Å². The molecule has 1 fully saturated rings. The first kappa shape index (κ1) is 15.4. The minimum absolute atomic E-state index is 0.538. The highest BCUT2D eigenvalue weighted by Gasteiger charge is 2.29. The van der Waals surface area contributed by atoms with Gasteiger partial charge in [0.15, 0.2) is 0 Å². The maximum absolute atomic E-state index is 9.62. The molecule has 0 aromatic heterocycles. The maximum Gasteiger partial charge on any atom is 0.132 e. The molecule has 108 valence electrons. The van der Waals surface area contributed by atoms with E-state index in [2.05, 4.69) is 11.4 Å². The van der Waals surface area contributed by atoms with Crippen molar-refractivity contribution in [1.29, 1.82) is 5.26 Å². The van der Waals surface area contributed by atoms with Crippen molar-refractivity contribution in [3.63, 3.8) is 0 Å². The Kier molecular flexibility index (Phi) is 5.94. The Labute approximate surface area is 127 Å². The Balaban J connectivity index is 1.87. The zero-order valence-electron chi connectivity index (χ0n) is 12.3. The van der Waals surface area contributed by atoms with Gasteiger partial charge in [-0.2, -0.15) is 17.0 Å². The molecule has 1 aliphatic carbocycles. The van der Waals surface area contributed by atoms with Crippen molar-refractivity contribution in [2.45, 2.75) is 37.6 Å². The molecule has 0 saturated heterocycles. The molecule has 0 heterocycles. The Morgan fingerprint density at radius 1 is 1.30 bits per heavy atom. The van der Waals surface area contributed by atoms with E-state index in [9.17, 15) is 5.26 Å².